The summed E-state index contributed by atoms with van der Waals surface area (Å²) in [5, 5.41) is 8.57. The van der Waals surface area contributed by atoms with Crippen LogP contribution in [-0.4, -0.2) is 77.3 Å². The van der Waals surface area contributed by atoms with Gasteiger partial charge < -0.3 is 28.8 Å². The zero-order chi connectivity index (χ0) is 21.5. The smallest absolute Gasteiger partial charge is 0.0704 e. The highest BCUT2D eigenvalue weighted by Gasteiger charge is 2.21. The van der Waals surface area contributed by atoms with Gasteiger partial charge in [0.2, 0.25) is 0 Å². The molecule has 0 atom stereocenters. The minimum absolute atomic E-state index is 0.0502. The fourth-order valence-electron chi connectivity index (χ4n) is 3.90. The number of hydrogen-bond acceptors (Lipinski definition) is 6. The first kappa shape index (κ1) is 27.8. The van der Waals surface area contributed by atoms with Gasteiger partial charge in [-0.05, 0) is 31.6 Å². The molecule has 1 fully saturated rings. The molecule has 0 saturated heterocycles. The van der Waals surface area contributed by atoms with Crippen molar-refractivity contribution < 1.29 is 28.8 Å². The van der Waals surface area contributed by atoms with E-state index in [4.69, 9.17) is 28.8 Å². The third-order valence-electron chi connectivity index (χ3n) is 5.69. The van der Waals surface area contributed by atoms with Crippen LogP contribution in [0.2, 0.25) is 0 Å². The van der Waals surface area contributed by atoms with E-state index in [9.17, 15) is 0 Å². The van der Waals surface area contributed by atoms with Crippen molar-refractivity contribution in [1.82, 2.24) is 0 Å². The van der Waals surface area contributed by atoms with Crippen molar-refractivity contribution >= 4 is 0 Å². The van der Waals surface area contributed by atoms with E-state index in [-0.39, 0.29) is 6.61 Å². The zero-order valence-electron chi connectivity index (χ0n) is 19.5. The Morgan fingerprint density at radius 2 is 1.10 bits per heavy atom. The van der Waals surface area contributed by atoms with Crippen molar-refractivity contribution in [1.29, 1.82) is 0 Å². The number of rotatable bonds is 22. The molecule has 180 valence electrons. The van der Waals surface area contributed by atoms with Crippen molar-refractivity contribution in [2.75, 3.05) is 66.1 Å². The van der Waals surface area contributed by atoms with Gasteiger partial charge >= 0.3 is 0 Å². The Balaban J connectivity index is 1.77. The molecule has 0 spiro atoms. The van der Waals surface area contributed by atoms with Crippen LogP contribution < -0.4 is 0 Å². The minimum Gasteiger partial charge on any atom is -0.394 e. The predicted molar refractivity (Wildman–Crippen MR) is 120 cm³/mol. The Kier molecular flexibility index (Phi) is 20.4. The van der Waals surface area contributed by atoms with Crippen LogP contribution >= 0.6 is 0 Å². The molecular formula is C24H48O6. The molecule has 0 radical (unpaired) electrons. The molecule has 0 heterocycles. The summed E-state index contributed by atoms with van der Waals surface area (Å²) in [5.74, 6) is 0.932. The highest BCUT2D eigenvalue weighted by Crippen LogP contribution is 2.30. The summed E-state index contributed by atoms with van der Waals surface area (Å²) < 4.78 is 27.5. The van der Waals surface area contributed by atoms with Gasteiger partial charge in [0.15, 0.2) is 0 Å². The molecule has 0 aromatic rings. The molecule has 6 heteroatoms. The average molecular weight is 433 g/mol. The molecule has 1 N–H and O–H groups in total. The lowest BCUT2D eigenvalue weighted by Crippen LogP contribution is -2.23. The lowest BCUT2D eigenvalue weighted by atomic mass is 9.84. The van der Waals surface area contributed by atoms with E-state index in [1.165, 1.54) is 70.6 Å². The van der Waals surface area contributed by atoms with Gasteiger partial charge in [0.1, 0.15) is 0 Å². The monoisotopic (exact) mass is 432 g/mol. The molecule has 1 aliphatic rings. The standard InChI is InChI=1S/C24H48O6/c1-2-3-4-5-6-7-8-23-9-11-24(12-10-23)30-22-21-29-20-19-28-18-17-27-16-15-26-14-13-25/h23-25H,2-22H2,1H3. The van der Waals surface area contributed by atoms with Crippen LogP contribution in [0.4, 0.5) is 0 Å². The normalized spacial score (nSPS) is 19.4. The molecule has 0 amide bonds. The van der Waals surface area contributed by atoms with E-state index in [2.05, 4.69) is 6.92 Å². The van der Waals surface area contributed by atoms with E-state index in [0.717, 1.165) is 5.92 Å². The Morgan fingerprint density at radius 3 is 1.67 bits per heavy atom. The zero-order valence-corrected chi connectivity index (χ0v) is 19.5. The van der Waals surface area contributed by atoms with Gasteiger partial charge in [-0.3, -0.25) is 0 Å². The van der Waals surface area contributed by atoms with E-state index in [1.807, 2.05) is 0 Å². The fourth-order valence-corrected chi connectivity index (χ4v) is 3.90. The largest absolute Gasteiger partial charge is 0.394 e. The maximum absolute atomic E-state index is 8.57. The van der Waals surface area contributed by atoms with Crippen LogP contribution in [0.25, 0.3) is 0 Å². The summed E-state index contributed by atoms with van der Waals surface area (Å²) in [7, 11) is 0. The number of ether oxygens (including phenoxy) is 5. The molecular weight excluding hydrogens is 384 g/mol. The fraction of sp³-hybridized carbons (Fsp3) is 1.00. The van der Waals surface area contributed by atoms with Crippen LogP contribution in [-0.2, 0) is 23.7 Å². The number of unbranched alkanes of at least 4 members (excludes halogenated alkanes) is 5. The van der Waals surface area contributed by atoms with Crippen LogP contribution in [0.5, 0.6) is 0 Å². The third kappa shape index (κ3) is 17.4. The highest BCUT2D eigenvalue weighted by atomic mass is 16.6. The molecule has 0 unspecified atom stereocenters. The summed E-state index contributed by atoms with van der Waals surface area (Å²) in [6, 6.07) is 0. The predicted octanol–water partition coefficient (Wildman–Crippen LogP) is 4.37. The number of aliphatic hydroxyl groups excluding tert-OH is 1. The van der Waals surface area contributed by atoms with E-state index >= 15 is 0 Å². The van der Waals surface area contributed by atoms with Gasteiger partial charge in [-0.2, -0.15) is 0 Å². The molecule has 1 saturated carbocycles. The molecule has 1 aliphatic carbocycles. The van der Waals surface area contributed by atoms with E-state index < -0.39 is 0 Å². The van der Waals surface area contributed by atoms with Crippen LogP contribution in [0.3, 0.4) is 0 Å². The lowest BCUT2D eigenvalue weighted by molar-refractivity contribution is -0.0335. The summed E-state index contributed by atoms with van der Waals surface area (Å²) >= 11 is 0. The number of aliphatic hydroxyl groups is 1. The Hall–Kier alpha value is -0.240. The molecule has 0 bridgehead atoms. The molecule has 30 heavy (non-hydrogen) atoms. The Labute approximate surface area is 184 Å². The Morgan fingerprint density at radius 1 is 0.600 bits per heavy atom. The van der Waals surface area contributed by atoms with Crippen molar-refractivity contribution in [3.63, 3.8) is 0 Å². The first-order valence-electron chi connectivity index (χ1n) is 12.4. The summed E-state index contributed by atoms with van der Waals surface area (Å²) in [6.07, 6.45) is 15.4. The summed E-state index contributed by atoms with van der Waals surface area (Å²) in [6.45, 7) is 7.32. The molecule has 0 aromatic heterocycles. The van der Waals surface area contributed by atoms with Crippen molar-refractivity contribution in [3.8, 4) is 0 Å². The van der Waals surface area contributed by atoms with Crippen molar-refractivity contribution in [2.45, 2.75) is 83.7 Å². The van der Waals surface area contributed by atoms with E-state index in [0.29, 0.717) is 65.6 Å². The Bertz CT molecular complexity index is 334. The average Bonchev–Trinajstić information content (AvgIpc) is 2.77. The summed E-state index contributed by atoms with van der Waals surface area (Å²) in [4.78, 5) is 0. The third-order valence-corrected chi connectivity index (χ3v) is 5.69. The molecule has 0 aliphatic heterocycles. The topological polar surface area (TPSA) is 66.4 Å². The van der Waals surface area contributed by atoms with Gasteiger partial charge in [-0.15, -0.1) is 0 Å². The van der Waals surface area contributed by atoms with Crippen molar-refractivity contribution in [3.05, 3.63) is 0 Å². The summed E-state index contributed by atoms with van der Waals surface area (Å²) in [5.41, 5.74) is 0. The van der Waals surface area contributed by atoms with Crippen LogP contribution in [0, 0.1) is 5.92 Å². The quantitative estimate of drug-likeness (QED) is 0.256. The second-order valence-corrected chi connectivity index (χ2v) is 8.24. The molecule has 1 rings (SSSR count). The highest BCUT2D eigenvalue weighted by molar-refractivity contribution is 4.73. The minimum atomic E-state index is 0.0502. The van der Waals surface area contributed by atoms with Crippen LogP contribution in [0.1, 0.15) is 77.6 Å². The van der Waals surface area contributed by atoms with E-state index in [1.54, 1.807) is 0 Å². The van der Waals surface area contributed by atoms with Crippen LogP contribution in [0.15, 0.2) is 0 Å². The maximum atomic E-state index is 8.57. The lowest BCUT2D eigenvalue weighted by Gasteiger charge is -2.28. The molecule has 6 nitrogen and oxygen atoms in total. The molecule has 0 aromatic carbocycles. The SMILES string of the molecule is CCCCCCCCC1CCC(OCCOCCOCCOCCOCCO)CC1. The van der Waals surface area contributed by atoms with Gasteiger partial charge in [0, 0.05) is 0 Å². The first-order valence-corrected chi connectivity index (χ1v) is 12.4. The maximum Gasteiger partial charge on any atom is 0.0704 e. The van der Waals surface area contributed by atoms with Gasteiger partial charge in [-0.1, -0.05) is 51.9 Å². The first-order chi connectivity index (χ1) is 14.9. The second-order valence-electron chi connectivity index (χ2n) is 8.24. The van der Waals surface area contributed by atoms with Gasteiger partial charge in [0.05, 0.1) is 72.2 Å². The second kappa shape index (κ2) is 22.0. The van der Waals surface area contributed by atoms with Crippen molar-refractivity contribution in [2.24, 2.45) is 5.92 Å². The van der Waals surface area contributed by atoms with Gasteiger partial charge in [0.25, 0.3) is 0 Å². The number of hydrogen-bond donors (Lipinski definition) is 1. The van der Waals surface area contributed by atoms with Gasteiger partial charge in [-0.25, -0.2) is 0 Å².